The second-order valence-electron chi connectivity index (χ2n) is 5.91. The zero-order valence-electron chi connectivity index (χ0n) is 10.4. The lowest BCUT2D eigenvalue weighted by atomic mass is 9.86. The van der Waals surface area contributed by atoms with Crippen molar-refractivity contribution in [3.63, 3.8) is 0 Å². The normalized spacial score (nSPS) is 15.7. The van der Waals surface area contributed by atoms with Crippen LogP contribution >= 0.6 is 0 Å². The second kappa shape index (κ2) is 3.13. The topological polar surface area (TPSA) is 4.93 Å². The molecule has 1 aliphatic rings. The first-order chi connectivity index (χ1) is 7.55. The maximum Gasteiger partial charge on any atom is 0.0482 e. The molecule has 0 saturated heterocycles. The smallest absolute Gasteiger partial charge is 0.0482 e. The van der Waals surface area contributed by atoms with E-state index >= 15 is 0 Å². The molecule has 0 bridgehead atoms. The van der Waals surface area contributed by atoms with Crippen molar-refractivity contribution in [2.75, 3.05) is 0 Å². The van der Waals surface area contributed by atoms with E-state index in [1.54, 1.807) is 0 Å². The summed E-state index contributed by atoms with van der Waals surface area (Å²) in [4.78, 5) is 0. The van der Waals surface area contributed by atoms with Crippen LogP contribution in [0, 0.1) is 0 Å². The van der Waals surface area contributed by atoms with Gasteiger partial charge in [-0.05, 0) is 42.0 Å². The highest BCUT2D eigenvalue weighted by Gasteiger charge is 2.17. The summed E-state index contributed by atoms with van der Waals surface area (Å²) in [7, 11) is 0. The van der Waals surface area contributed by atoms with Crippen LogP contribution in [0.3, 0.4) is 0 Å². The van der Waals surface area contributed by atoms with Gasteiger partial charge in [-0.25, -0.2) is 0 Å². The summed E-state index contributed by atoms with van der Waals surface area (Å²) in [6, 6.07) is 9.32. The number of hydrogen-bond acceptors (Lipinski definition) is 0. The summed E-state index contributed by atoms with van der Waals surface area (Å²) in [6.07, 6.45) is 2.56. The highest BCUT2D eigenvalue weighted by molar-refractivity contribution is 5.82. The van der Waals surface area contributed by atoms with Crippen molar-refractivity contribution in [2.24, 2.45) is 0 Å². The van der Waals surface area contributed by atoms with Gasteiger partial charge in [0.05, 0.1) is 0 Å². The summed E-state index contributed by atoms with van der Waals surface area (Å²) in [5.41, 5.74) is 4.62. The fraction of sp³-hybridized carbons (Fsp3) is 0.467. The van der Waals surface area contributed by atoms with Crippen LogP contribution < -0.4 is 0 Å². The van der Waals surface area contributed by atoms with Crippen LogP contribution in [-0.2, 0) is 18.4 Å². The highest BCUT2D eigenvalue weighted by Crippen LogP contribution is 2.30. The lowest BCUT2D eigenvalue weighted by Gasteiger charge is -2.19. The fourth-order valence-electron chi connectivity index (χ4n) is 2.68. The predicted octanol–water partition coefficient (Wildman–Crippen LogP) is 3.89. The number of benzene rings is 1. The Morgan fingerprint density at radius 1 is 1.12 bits per heavy atom. The van der Waals surface area contributed by atoms with E-state index in [1.165, 1.54) is 41.5 Å². The summed E-state index contributed by atoms with van der Waals surface area (Å²) in [5, 5.41) is 1.42. The van der Waals surface area contributed by atoms with Crippen molar-refractivity contribution in [2.45, 2.75) is 45.6 Å². The molecule has 0 amide bonds. The molecule has 0 N–H and O–H groups in total. The summed E-state index contributed by atoms with van der Waals surface area (Å²) in [6.45, 7) is 8.03. The average molecular weight is 213 g/mol. The van der Waals surface area contributed by atoms with Gasteiger partial charge in [0.1, 0.15) is 0 Å². The van der Waals surface area contributed by atoms with E-state index < -0.39 is 0 Å². The highest BCUT2D eigenvalue weighted by atomic mass is 15.0. The van der Waals surface area contributed by atoms with E-state index in [-0.39, 0.29) is 5.41 Å². The van der Waals surface area contributed by atoms with Crippen LogP contribution in [0.2, 0.25) is 0 Å². The van der Waals surface area contributed by atoms with Gasteiger partial charge in [0.2, 0.25) is 0 Å². The molecule has 0 atom stereocenters. The van der Waals surface area contributed by atoms with Gasteiger partial charge in [-0.15, -0.1) is 0 Å². The zero-order chi connectivity index (χ0) is 11.3. The molecule has 0 aliphatic carbocycles. The molecule has 16 heavy (non-hydrogen) atoms. The van der Waals surface area contributed by atoms with Crippen molar-refractivity contribution in [3.05, 3.63) is 35.5 Å². The molecule has 3 rings (SSSR count). The van der Waals surface area contributed by atoms with E-state index in [9.17, 15) is 0 Å². The minimum absolute atomic E-state index is 0.251. The van der Waals surface area contributed by atoms with E-state index in [1.807, 2.05) is 0 Å². The van der Waals surface area contributed by atoms with Crippen molar-refractivity contribution >= 4 is 10.9 Å². The summed E-state index contributed by atoms with van der Waals surface area (Å²) in [5.74, 6) is 0. The fourth-order valence-corrected chi connectivity index (χ4v) is 2.68. The van der Waals surface area contributed by atoms with Gasteiger partial charge in [-0.2, -0.15) is 0 Å². The number of aryl methyl sites for hydroxylation is 2. The lowest BCUT2D eigenvalue weighted by Crippen LogP contribution is -2.10. The predicted molar refractivity (Wildman–Crippen MR) is 69.0 cm³/mol. The molecular weight excluding hydrogens is 194 g/mol. The van der Waals surface area contributed by atoms with E-state index in [0.717, 1.165) is 0 Å². The lowest BCUT2D eigenvalue weighted by molar-refractivity contribution is 0.591. The standard InChI is InChI=1S/C15H19N/c1-15(2,3)12-6-7-14-11(9-12)10-13-5-4-8-16(13)14/h6-7,9-10H,4-5,8H2,1-3H3. The number of hydrogen-bond donors (Lipinski definition) is 0. The van der Waals surface area contributed by atoms with Crippen LogP contribution in [0.5, 0.6) is 0 Å². The van der Waals surface area contributed by atoms with Crippen LogP contribution in [-0.4, -0.2) is 4.57 Å². The van der Waals surface area contributed by atoms with Crippen LogP contribution in [0.15, 0.2) is 24.3 Å². The Labute approximate surface area is 97.1 Å². The van der Waals surface area contributed by atoms with Crippen molar-refractivity contribution < 1.29 is 0 Å². The van der Waals surface area contributed by atoms with Crippen molar-refractivity contribution in [1.82, 2.24) is 4.57 Å². The van der Waals surface area contributed by atoms with Gasteiger partial charge in [-0.3, -0.25) is 0 Å². The van der Waals surface area contributed by atoms with E-state index in [4.69, 9.17) is 0 Å². The van der Waals surface area contributed by atoms with Gasteiger partial charge < -0.3 is 4.57 Å². The Kier molecular flexibility index (Phi) is 1.95. The largest absolute Gasteiger partial charge is 0.345 e. The molecule has 1 aliphatic heterocycles. The van der Waals surface area contributed by atoms with Gasteiger partial charge in [0.25, 0.3) is 0 Å². The molecular formula is C15H19N. The first-order valence-electron chi connectivity index (χ1n) is 6.18. The molecule has 1 nitrogen and oxygen atoms in total. The van der Waals surface area contributed by atoms with Gasteiger partial charge >= 0.3 is 0 Å². The Hall–Kier alpha value is -1.24. The molecule has 0 spiro atoms. The van der Waals surface area contributed by atoms with Gasteiger partial charge in [0.15, 0.2) is 0 Å². The molecule has 0 saturated carbocycles. The molecule has 1 aromatic carbocycles. The molecule has 0 unspecified atom stereocenters. The minimum atomic E-state index is 0.251. The number of rotatable bonds is 0. The van der Waals surface area contributed by atoms with E-state index in [0.29, 0.717) is 0 Å². The van der Waals surface area contributed by atoms with E-state index in [2.05, 4.69) is 49.6 Å². The van der Waals surface area contributed by atoms with Crippen LogP contribution in [0.1, 0.15) is 38.4 Å². The maximum atomic E-state index is 2.47. The Balaban J connectivity index is 2.21. The monoisotopic (exact) mass is 213 g/mol. The average Bonchev–Trinajstić information content (AvgIpc) is 2.74. The number of nitrogens with zero attached hydrogens (tertiary/aromatic N) is 1. The van der Waals surface area contributed by atoms with Crippen LogP contribution in [0.4, 0.5) is 0 Å². The minimum Gasteiger partial charge on any atom is -0.345 e. The first-order valence-corrected chi connectivity index (χ1v) is 6.18. The SMILES string of the molecule is CC(C)(C)c1ccc2c(c1)cc1n2CCC1. The number of fused-ring (bicyclic) bond motifs is 3. The first kappa shape index (κ1) is 9.95. The molecule has 84 valence electrons. The van der Waals surface area contributed by atoms with Gasteiger partial charge in [-0.1, -0.05) is 26.8 Å². The third-order valence-corrected chi connectivity index (χ3v) is 3.67. The second-order valence-corrected chi connectivity index (χ2v) is 5.91. The third kappa shape index (κ3) is 1.38. The quantitative estimate of drug-likeness (QED) is 0.625. The third-order valence-electron chi connectivity index (χ3n) is 3.67. The Morgan fingerprint density at radius 2 is 1.94 bits per heavy atom. The molecule has 0 radical (unpaired) electrons. The Bertz CT molecular complexity index is 540. The molecule has 1 aromatic heterocycles. The Morgan fingerprint density at radius 3 is 2.69 bits per heavy atom. The molecule has 0 fully saturated rings. The molecule has 2 aromatic rings. The summed E-state index contributed by atoms with van der Waals surface area (Å²) < 4.78 is 2.47. The van der Waals surface area contributed by atoms with Gasteiger partial charge in [0, 0.05) is 23.1 Å². The summed E-state index contributed by atoms with van der Waals surface area (Å²) >= 11 is 0. The molecule has 2 heterocycles. The van der Waals surface area contributed by atoms with Crippen LogP contribution in [0.25, 0.3) is 10.9 Å². The number of aromatic nitrogens is 1. The van der Waals surface area contributed by atoms with Crippen molar-refractivity contribution in [1.29, 1.82) is 0 Å². The molecule has 1 heteroatoms. The maximum absolute atomic E-state index is 2.47. The zero-order valence-corrected chi connectivity index (χ0v) is 10.4. The van der Waals surface area contributed by atoms with Crippen molar-refractivity contribution in [3.8, 4) is 0 Å².